The van der Waals surface area contributed by atoms with Gasteiger partial charge in [-0.05, 0) is 22.8 Å². The molecule has 20 heavy (non-hydrogen) atoms. The Morgan fingerprint density at radius 1 is 1.10 bits per heavy atom. The van der Waals surface area contributed by atoms with Crippen molar-refractivity contribution < 1.29 is 4.74 Å². The van der Waals surface area contributed by atoms with Gasteiger partial charge in [0, 0.05) is 16.7 Å². The zero-order valence-corrected chi connectivity index (χ0v) is 13.5. The lowest BCUT2D eigenvalue weighted by molar-refractivity contribution is 0.356. The Kier molecular flexibility index (Phi) is 3.59. The minimum Gasteiger partial charge on any atom is -0.493 e. The van der Waals surface area contributed by atoms with Crippen LogP contribution in [-0.2, 0) is 11.8 Å². The highest BCUT2D eigenvalue weighted by Gasteiger charge is 2.31. The Hall–Kier alpha value is -1.28. The van der Waals surface area contributed by atoms with Crippen LogP contribution in [0.4, 0.5) is 0 Å². The monoisotopic (exact) mass is 330 g/mol. The van der Waals surface area contributed by atoms with Gasteiger partial charge < -0.3 is 4.74 Å². The van der Waals surface area contributed by atoms with E-state index in [0.717, 1.165) is 18.8 Å². The highest BCUT2D eigenvalue weighted by molar-refractivity contribution is 9.09. The summed E-state index contributed by atoms with van der Waals surface area (Å²) in [5, 5.41) is 0. The molecule has 0 fully saturated rings. The topological polar surface area (TPSA) is 9.23 Å². The second kappa shape index (κ2) is 5.25. The second-order valence-corrected chi connectivity index (χ2v) is 6.83. The second-order valence-electron chi connectivity index (χ2n) is 5.92. The van der Waals surface area contributed by atoms with Crippen LogP contribution in [0.5, 0.6) is 5.75 Å². The smallest absolute Gasteiger partial charge is 0.122 e. The van der Waals surface area contributed by atoms with E-state index in [1.54, 1.807) is 0 Å². The molecule has 0 saturated carbocycles. The van der Waals surface area contributed by atoms with E-state index in [4.69, 9.17) is 4.74 Å². The lowest BCUT2D eigenvalue weighted by atomic mass is 9.79. The highest BCUT2D eigenvalue weighted by atomic mass is 79.9. The SMILES string of the molecule is CC(C)(c1ccccc1)C(Br)c1ccc2c(c1)CCO2. The van der Waals surface area contributed by atoms with Crippen molar-refractivity contribution >= 4 is 15.9 Å². The van der Waals surface area contributed by atoms with Crippen LogP contribution in [0.15, 0.2) is 48.5 Å². The van der Waals surface area contributed by atoms with Crippen LogP contribution in [0.2, 0.25) is 0 Å². The molecule has 2 aromatic rings. The Bertz CT molecular complexity index is 604. The van der Waals surface area contributed by atoms with E-state index in [2.05, 4.69) is 78.3 Å². The van der Waals surface area contributed by atoms with Gasteiger partial charge in [0.05, 0.1) is 6.61 Å². The molecule has 104 valence electrons. The van der Waals surface area contributed by atoms with E-state index in [1.165, 1.54) is 16.7 Å². The number of alkyl halides is 1. The summed E-state index contributed by atoms with van der Waals surface area (Å²) in [6.07, 6.45) is 1.02. The van der Waals surface area contributed by atoms with E-state index in [-0.39, 0.29) is 10.2 Å². The molecular formula is C18H19BrO. The normalized spacial score (nSPS) is 15.6. The molecule has 3 rings (SSSR count). The van der Waals surface area contributed by atoms with Crippen molar-refractivity contribution in [3.63, 3.8) is 0 Å². The quantitative estimate of drug-likeness (QED) is 0.717. The minimum atomic E-state index is 0.0367. The lowest BCUT2D eigenvalue weighted by Crippen LogP contribution is -2.23. The van der Waals surface area contributed by atoms with Crippen molar-refractivity contribution in [3.8, 4) is 5.75 Å². The van der Waals surface area contributed by atoms with Gasteiger partial charge in [-0.25, -0.2) is 0 Å². The first-order valence-electron chi connectivity index (χ1n) is 7.04. The maximum Gasteiger partial charge on any atom is 0.122 e. The number of ether oxygens (including phenoxy) is 1. The molecule has 0 aliphatic carbocycles. The van der Waals surface area contributed by atoms with Crippen molar-refractivity contribution in [1.82, 2.24) is 0 Å². The van der Waals surface area contributed by atoms with Crippen LogP contribution < -0.4 is 4.74 Å². The molecule has 1 aliphatic rings. The Morgan fingerprint density at radius 2 is 1.85 bits per heavy atom. The van der Waals surface area contributed by atoms with Crippen molar-refractivity contribution in [3.05, 3.63) is 65.2 Å². The van der Waals surface area contributed by atoms with Crippen LogP contribution in [0, 0.1) is 0 Å². The molecule has 0 bridgehead atoms. The summed E-state index contributed by atoms with van der Waals surface area (Å²) < 4.78 is 5.59. The largest absolute Gasteiger partial charge is 0.493 e. The van der Waals surface area contributed by atoms with E-state index >= 15 is 0 Å². The number of hydrogen-bond donors (Lipinski definition) is 0. The summed E-state index contributed by atoms with van der Waals surface area (Å²) in [7, 11) is 0. The fourth-order valence-electron chi connectivity index (χ4n) is 2.79. The van der Waals surface area contributed by atoms with E-state index in [9.17, 15) is 0 Å². The van der Waals surface area contributed by atoms with Crippen molar-refractivity contribution in [2.75, 3.05) is 6.61 Å². The average Bonchev–Trinajstić information content (AvgIpc) is 2.94. The summed E-state index contributed by atoms with van der Waals surface area (Å²) >= 11 is 3.91. The van der Waals surface area contributed by atoms with Gasteiger partial charge in [0.2, 0.25) is 0 Å². The molecule has 0 N–H and O–H groups in total. The standard InChI is InChI=1S/C18H19BrO/c1-18(2,15-6-4-3-5-7-15)17(19)14-8-9-16-13(12-14)10-11-20-16/h3-9,12,17H,10-11H2,1-2H3. The number of rotatable bonds is 3. The fourth-order valence-corrected chi connectivity index (χ4v) is 3.34. The maximum atomic E-state index is 5.59. The molecule has 0 saturated heterocycles. The van der Waals surface area contributed by atoms with Gasteiger partial charge >= 0.3 is 0 Å². The van der Waals surface area contributed by atoms with Crippen molar-refractivity contribution in [2.24, 2.45) is 0 Å². The van der Waals surface area contributed by atoms with E-state index in [1.807, 2.05) is 0 Å². The summed E-state index contributed by atoms with van der Waals surface area (Å²) in [5.41, 5.74) is 4.03. The molecule has 1 heterocycles. The van der Waals surface area contributed by atoms with Gasteiger partial charge in [-0.1, -0.05) is 72.2 Å². The molecule has 0 aromatic heterocycles. The first-order chi connectivity index (χ1) is 9.59. The molecule has 1 nitrogen and oxygen atoms in total. The predicted octanol–water partition coefficient (Wildman–Crippen LogP) is 5.04. The predicted molar refractivity (Wildman–Crippen MR) is 86.8 cm³/mol. The van der Waals surface area contributed by atoms with E-state index in [0.29, 0.717) is 0 Å². The maximum absolute atomic E-state index is 5.59. The molecule has 2 aromatic carbocycles. The van der Waals surface area contributed by atoms with Crippen LogP contribution in [0.3, 0.4) is 0 Å². The molecule has 0 spiro atoms. The first-order valence-corrected chi connectivity index (χ1v) is 7.96. The van der Waals surface area contributed by atoms with Gasteiger partial charge in [0.15, 0.2) is 0 Å². The first kappa shape index (κ1) is 13.7. The molecule has 0 radical (unpaired) electrons. The highest BCUT2D eigenvalue weighted by Crippen LogP contribution is 2.44. The van der Waals surface area contributed by atoms with Gasteiger partial charge in [-0.2, -0.15) is 0 Å². The number of fused-ring (bicyclic) bond motifs is 1. The van der Waals surface area contributed by atoms with Crippen molar-refractivity contribution in [1.29, 1.82) is 0 Å². The van der Waals surface area contributed by atoms with Crippen molar-refractivity contribution in [2.45, 2.75) is 30.5 Å². The van der Waals surface area contributed by atoms with Gasteiger partial charge in [0.1, 0.15) is 5.75 Å². The van der Waals surface area contributed by atoms with Gasteiger partial charge in [-0.3, -0.25) is 0 Å². The van der Waals surface area contributed by atoms with Gasteiger partial charge in [-0.15, -0.1) is 0 Å². The molecular weight excluding hydrogens is 312 g/mol. The molecule has 2 heteroatoms. The molecule has 1 unspecified atom stereocenters. The lowest BCUT2D eigenvalue weighted by Gasteiger charge is -2.31. The number of benzene rings is 2. The number of halogens is 1. The summed E-state index contributed by atoms with van der Waals surface area (Å²) in [4.78, 5) is 0.281. The van der Waals surface area contributed by atoms with Gasteiger partial charge in [0.25, 0.3) is 0 Å². The summed E-state index contributed by atoms with van der Waals surface area (Å²) in [5.74, 6) is 1.05. The third-order valence-corrected chi connectivity index (χ3v) is 5.83. The third kappa shape index (κ3) is 2.37. The Morgan fingerprint density at radius 3 is 2.60 bits per heavy atom. The Labute approximate surface area is 129 Å². The molecule has 0 amide bonds. The zero-order valence-electron chi connectivity index (χ0n) is 11.9. The third-order valence-electron chi connectivity index (χ3n) is 4.16. The molecule has 1 aliphatic heterocycles. The average molecular weight is 331 g/mol. The summed E-state index contributed by atoms with van der Waals surface area (Å²) in [6.45, 7) is 5.38. The van der Waals surface area contributed by atoms with Crippen LogP contribution in [-0.4, -0.2) is 6.61 Å². The minimum absolute atomic E-state index is 0.0367. The van der Waals surface area contributed by atoms with Crippen LogP contribution in [0.1, 0.15) is 35.4 Å². The Balaban J connectivity index is 1.94. The zero-order chi connectivity index (χ0) is 14.2. The van der Waals surface area contributed by atoms with Crippen LogP contribution in [0.25, 0.3) is 0 Å². The summed E-state index contributed by atoms with van der Waals surface area (Å²) in [6, 6.07) is 17.2. The molecule has 1 atom stereocenters. The van der Waals surface area contributed by atoms with Crippen LogP contribution >= 0.6 is 15.9 Å². The fraction of sp³-hybridized carbons (Fsp3) is 0.333. The van der Waals surface area contributed by atoms with E-state index < -0.39 is 0 Å². The number of hydrogen-bond acceptors (Lipinski definition) is 1.